The normalized spacial score (nSPS) is 12.0. The van der Waals surface area contributed by atoms with Crippen LogP contribution in [0.4, 0.5) is 0 Å². The topological polar surface area (TPSA) is 82.0 Å². The summed E-state index contributed by atoms with van der Waals surface area (Å²) in [4.78, 5) is 11.6. The van der Waals surface area contributed by atoms with Gasteiger partial charge in [0.2, 0.25) is 5.90 Å². The number of benzene rings is 1. The number of carbonyl (C=O) groups is 1. The molecular weight excluding hydrogens is 318 g/mol. The Bertz CT molecular complexity index is 635. The predicted molar refractivity (Wildman–Crippen MR) is 87.9 cm³/mol. The van der Waals surface area contributed by atoms with E-state index in [0.29, 0.717) is 6.61 Å². The van der Waals surface area contributed by atoms with Crippen LogP contribution in [0.5, 0.6) is 0 Å². The van der Waals surface area contributed by atoms with Crippen molar-refractivity contribution in [2.24, 2.45) is 4.40 Å². The number of hydrogen-bond acceptors (Lipinski definition) is 5. The standard InChI is InChI=1S/C16H23NO5S/c1-4-6-11-22-15(12-16(18)21-5-2)17-23(19,20)14-9-7-13(3)8-10-14/h7-10H,4-6,11-12H2,1-3H3/b17-15+. The fourth-order valence-corrected chi connectivity index (χ4v) is 2.65. The minimum atomic E-state index is -3.92. The first-order valence-corrected chi connectivity index (χ1v) is 9.02. The van der Waals surface area contributed by atoms with Gasteiger partial charge >= 0.3 is 5.97 Å². The second kappa shape index (κ2) is 9.29. The summed E-state index contributed by atoms with van der Waals surface area (Å²) in [6.45, 7) is 6.04. The largest absolute Gasteiger partial charge is 0.480 e. The quantitative estimate of drug-likeness (QED) is 0.314. The smallest absolute Gasteiger partial charge is 0.315 e. The lowest BCUT2D eigenvalue weighted by Crippen LogP contribution is -2.16. The first-order chi connectivity index (χ1) is 10.9. The van der Waals surface area contributed by atoms with Crippen LogP contribution >= 0.6 is 0 Å². The summed E-state index contributed by atoms with van der Waals surface area (Å²) in [5.41, 5.74) is 0.943. The van der Waals surface area contributed by atoms with Gasteiger partial charge in [0.1, 0.15) is 6.42 Å². The van der Waals surface area contributed by atoms with Crippen LogP contribution in [-0.4, -0.2) is 33.5 Å². The van der Waals surface area contributed by atoms with E-state index in [-0.39, 0.29) is 23.8 Å². The van der Waals surface area contributed by atoms with E-state index in [2.05, 4.69) is 4.40 Å². The molecule has 0 radical (unpaired) electrons. The van der Waals surface area contributed by atoms with Crippen molar-refractivity contribution in [1.82, 2.24) is 0 Å². The van der Waals surface area contributed by atoms with Gasteiger partial charge in [-0.3, -0.25) is 4.79 Å². The molecule has 6 nitrogen and oxygen atoms in total. The number of ether oxygens (including phenoxy) is 2. The van der Waals surface area contributed by atoms with E-state index >= 15 is 0 Å². The SMILES string of the molecule is CCCCO/C(CC(=O)OCC)=N/S(=O)(=O)c1ccc(C)cc1. The second-order valence-corrected chi connectivity index (χ2v) is 6.56. The molecule has 7 heteroatoms. The maximum Gasteiger partial charge on any atom is 0.315 e. The molecule has 0 spiro atoms. The number of carbonyl (C=O) groups excluding carboxylic acids is 1. The van der Waals surface area contributed by atoms with Crippen molar-refractivity contribution in [2.45, 2.75) is 44.9 Å². The highest BCUT2D eigenvalue weighted by Crippen LogP contribution is 2.14. The lowest BCUT2D eigenvalue weighted by molar-refractivity contribution is -0.141. The molecule has 1 rings (SSSR count). The molecule has 0 saturated carbocycles. The zero-order valence-electron chi connectivity index (χ0n) is 13.7. The Morgan fingerprint density at radius 3 is 2.35 bits per heavy atom. The van der Waals surface area contributed by atoms with Crippen LogP contribution in [0.25, 0.3) is 0 Å². The second-order valence-electron chi connectivity index (χ2n) is 4.96. The Labute approximate surface area is 137 Å². The first-order valence-electron chi connectivity index (χ1n) is 7.58. The van der Waals surface area contributed by atoms with Gasteiger partial charge in [0.25, 0.3) is 10.0 Å². The molecule has 0 fully saturated rings. The average molecular weight is 341 g/mol. The van der Waals surface area contributed by atoms with E-state index in [1.165, 1.54) is 12.1 Å². The predicted octanol–water partition coefficient (Wildman–Crippen LogP) is 2.85. The molecule has 0 aliphatic rings. The number of rotatable bonds is 8. The molecule has 128 valence electrons. The lowest BCUT2D eigenvalue weighted by atomic mass is 10.2. The summed E-state index contributed by atoms with van der Waals surface area (Å²) < 4.78 is 38.5. The average Bonchev–Trinajstić information content (AvgIpc) is 2.47. The van der Waals surface area contributed by atoms with Crippen molar-refractivity contribution in [3.05, 3.63) is 29.8 Å². The van der Waals surface area contributed by atoms with Gasteiger partial charge < -0.3 is 9.47 Å². The van der Waals surface area contributed by atoms with Crippen molar-refractivity contribution < 1.29 is 22.7 Å². The molecule has 1 aromatic rings. The maximum absolute atomic E-state index is 12.3. The molecule has 1 aromatic carbocycles. The molecule has 0 saturated heterocycles. The zero-order chi connectivity index (χ0) is 17.3. The highest BCUT2D eigenvalue weighted by Gasteiger charge is 2.18. The minimum absolute atomic E-state index is 0.0588. The highest BCUT2D eigenvalue weighted by atomic mass is 32.2. The molecule has 0 aromatic heterocycles. The van der Waals surface area contributed by atoms with Crippen molar-refractivity contribution >= 4 is 21.9 Å². The monoisotopic (exact) mass is 341 g/mol. The molecule has 23 heavy (non-hydrogen) atoms. The Morgan fingerprint density at radius 2 is 1.78 bits per heavy atom. The lowest BCUT2D eigenvalue weighted by Gasteiger charge is -2.09. The molecule has 0 aliphatic carbocycles. The Morgan fingerprint density at radius 1 is 1.13 bits per heavy atom. The molecule has 0 N–H and O–H groups in total. The summed E-state index contributed by atoms with van der Waals surface area (Å²) in [5, 5.41) is 0. The van der Waals surface area contributed by atoms with Crippen molar-refractivity contribution in [3.8, 4) is 0 Å². The fourth-order valence-electron chi connectivity index (χ4n) is 1.68. The number of nitrogens with zero attached hydrogens (tertiary/aromatic N) is 1. The summed E-state index contributed by atoms with van der Waals surface area (Å²) >= 11 is 0. The van der Waals surface area contributed by atoms with Crippen LogP contribution in [0.2, 0.25) is 0 Å². The Balaban J connectivity index is 2.99. The van der Waals surface area contributed by atoms with Crippen molar-refractivity contribution in [1.29, 1.82) is 0 Å². The zero-order valence-corrected chi connectivity index (χ0v) is 14.6. The minimum Gasteiger partial charge on any atom is -0.480 e. The maximum atomic E-state index is 12.3. The Hall–Kier alpha value is -1.89. The van der Waals surface area contributed by atoms with Crippen LogP contribution < -0.4 is 0 Å². The van der Waals surface area contributed by atoms with E-state index < -0.39 is 16.0 Å². The number of sulfonamides is 1. The molecular formula is C16H23NO5S. The van der Waals surface area contributed by atoms with Crippen LogP contribution in [0.1, 0.15) is 38.7 Å². The third-order valence-electron chi connectivity index (χ3n) is 2.91. The molecule has 0 amide bonds. The van der Waals surface area contributed by atoms with E-state index in [1.54, 1.807) is 19.1 Å². The van der Waals surface area contributed by atoms with E-state index in [4.69, 9.17) is 9.47 Å². The number of aryl methyl sites for hydroxylation is 1. The molecule has 0 atom stereocenters. The van der Waals surface area contributed by atoms with E-state index in [0.717, 1.165) is 18.4 Å². The van der Waals surface area contributed by atoms with Crippen LogP contribution in [0, 0.1) is 6.92 Å². The van der Waals surface area contributed by atoms with Gasteiger partial charge in [0.15, 0.2) is 0 Å². The van der Waals surface area contributed by atoms with Gasteiger partial charge in [-0.05, 0) is 32.4 Å². The molecule has 0 aliphatic heterocycles. The van der Waals surface area contributed by atoms with Gasteiger partial charge in [0, 0.05) is 0 Å². The van der Waals surface area contributed by atoms with Crippen molar-refractivity contribution in [2.75, 3.05) is 13.2 Å². The van der Waals surface area contributed by atoms with Crippen LogP contribution in [0.15, 0.2) is 33.6 Å². The van der Waals surface area contributed by atoms with Crippen LogP contribution in [-0.2, 0) is 24.3 Å². The third-order valence-corrected chi connectivity index (χ3v) is 4.22. The van der Waals surface area contributed by atoms with Gasteiger partial charge in [0.05, 0.1) is 18.1 Å². The molecule has 0 heterocycles. The number of unbranched alkanes of at least 4 members (excludes halogenated alkanes) is 1. The number of esters is 1. The Kier molecular flexibility index (Phi) is 7.74. The molecule has 0 bridgehead atoms. The first kappa shape index (κ1) is 19.2. The van der Waals surface area contributed by atoms with E-state index in [1.807, 2.05) is 13.8 Å². The summed E-state index contributed by atoms with van der Waals surface area (Å²) in [7, 11) is -3.92. The van der Waals surface area contributed by atoms with E-state index in [9.17, 15) is 13.2 Å². The summed E-state index contributed by atoms with van der Waals surface area (Å²) in [6.07, 6.45) is 1.33. The van der Waals surface area contributed by atoms with Gasteiger partial charge in [-0.25, -0.2) is 0 Å². The summed E-state index contributed by atoms with van der Waals surface area (Å²) in [6, 6.07) is 6.32. The third kappa shape index (κ3) is 6.81. The fraction of sp³-hybridized carbons (Fsp3) is 0.500. The highest BCUT2D eigenvalue weighted by molar-refractivity contribution is 7.90. The van der Waals surface area contributed by atoms with Crippen molar-refractivity contribution in [3.63, 3.8) is 0 Å². The molecule has 0 unspecified atom stereocenters. The van der Waals surface area contributed by atoms with Gasteiger partial charge in [-0.15, -0.1) is 4.40 Å². The van der Waals surface area contributed by atoms with Crippen LogP contribution in [0.3, 0.4) is 0 Å². The van der Waals surface area contributed by atoms with Gasteiger partial charge in [-0.1, -0.05) is 31.0 Å². The van der Waals surface area contributed by atoms with Gasteiger partial charge in [-0.2, -0.15) is 8.42 Å². The summed E-state index contributed by atoms with van der Waals surface area (Å²) in [5.74, 6) is -0.709. The number of hydrogen-bond donors (Lipinski definition) is 0.